The van der Waals surface area contributed by atoms with E-state index in [9.17, 15) is 8.42 Å². The standard InChI is InChI=1S/C15H17BrN2O2S/c1-17-10-12-6-8-13(9-7-12)11-21(19,20)18-15-5-3-2-4-14(15)16/h2-9,17-18H,10-11H2,1H3. The lowest BCUT2D eigenvalue weighted by Gasteiger charge is -2.10. The Morgan fingerprint density at radius 2 is 1.62 bits per heavy atom. The third kappa shape index (κ3) is 4.84. The normalized spacial score (nSPS) is 11.3. The Balaban J connectivity index is 2.09. The van der Waals surface area contributed by atoms with Crippen molar-refractivity contribution in [3.8, 4) is 0 Å². The van der Waals surface area contributed by atoms with Crippen LogP contribution in [0.3, 0.4) is 0 Å². The van der Waals surface area contributed by atoms with E-state index in [1.807, 2.05) is 37.4 Å². The number of anilines is 1. The predicted molar refractivity (Wildman–Crippen MR) is 89.6 cm³/mol. The van der Waals surface area contributed by atoms with Crippen LogP contribution in [0.25, 0.3) is 0 Å². The minimum absolute atomic E-state index is 0.0475. The van der Waals surface area contributed by atoms with Crippen molar-refractivity contribution in [3.63, 3.8) is 0 Å². The highest BCUT2D eigenvalue weighted by Crippen LogP contribution is 2.23. The summed E-state index contributed by atoms with van der Waals surface area (Å²) in [5.74, 6) is -0.0475. The molecule has 0 radical (unpaired) electrons. The first kappa shape index (κ1) is 16.0. The molecule has 0 saturated heterocycles. The van der Waals surface area contributed by atoms with Crippen molar-refractivity contribution in [2.45, 2.75) is 12.3 Å². The summed E-state index contributed by atoms with van der Waals surface area (Å²) in [4.78, 5) is 0. The highest BCUT2D eigenvalue weighted by molar-refractivity contribution is 9.10. The fraction of sp³-hybridized carbons (Fsp3) is 0.200. The van der Waals surface area contributed by atoms with Crippen molar-refractivity contribution in [1.82, 2.24) is 5.32 Å². The second kappa shape index (κ2) is 7.06. The maximum absolute atomic E-state index is 12.2. The lowest BCUT2D eigenvalue weighted by Crippen LogP contribution is -2.15. The van der Waals surface area contributed by atoms with Crippen molar-refractivity contribution >= 4 is 31.6 Å². The van der Waals surface area contributed by atoms with Crippen LogP contribution < -0.4 is 10.0 Å². The molecule has 2 rings (SSSR count). The monoisotopic (exact) mass is 368 g/mol. The van der Waals surface area contributed by atoms with Crippen LogP contribution in [0.5, 0.6) is 0 Å². The van der Waals surface area contributed by atoms with Gasteiger partial charge >= 0.3 is 0 Å². The molecule has 0 bridgehead atoms. The molecule has 0 fully saturated rings. The zero-order valence-electron chi connectivity index (χ0n) is 11.6. The van der Waals surface area contributed by atoms with Crippen LogP contribution in [-0.4, -0.2) is 15.5 Å². The Labute approximate surface area is 133 Å². The molecule has 112 valence electrons. The molecular weight excluding hydrogens is 352 g/mol. The summed E-state index contributed by atoms with van der Waals surface area (Å²) >= 11 is 3.33. The van der Waals surface area contributed by atoms with Crippen molar-refractivity contribution in [1.29, 1.82) is 0 Å². The van der Waals surface area contributed by atoms with E-state index in [2.05, 4.69) is 26.0 Å². The quantitative estimate of drug-likeness (QED) is 0.823. The van der Waals surface area contributed by atoms with Crippen molar-refractivity contribution in [2.75, 3.05) is 11.8 Å². The third-order valence-corrected chi connectivity index (χ3v) is 4.84. The number of halogens is 1. The predicted octanol–water partition coefficient (Wildman–Crippen LogP) is 3.11. The molecule has 4 nitrogen and oxygen atoms in total. The van der Waals surface area contributed by atoms with E-state index in [4.69, 9.17) is 0 Å². The molecule has 0 atom stereocenters. The van der Waals surface area contributed by atoms with Gasteiger partial charge in [0.05, 0.1) is 11.4 Å². The number of benzene rings is 2. The fourth-order valence-corrected chi connectivity index (χ4v) is 3.66. The Bertz CT molecular complexity index is 700. The minimum Gasteiger partial charge on any atom is -0.316 e. The Kier molecular flexibility index (Phi) is 5.39. The van der Waals surface area contributed by atoms with E-state index in [0.29, 0.717) is 5.69 Å². The first-order valence-corrected chi connectivity index (χ1v) is 8.92. The molecule has 0 spiro atoms. The second-order valence-electron chi connectivity index (χ2n) is 4.69. The molecular formula is C15H17BrN2O2S. The zero-order valence-corrected chi connectivity index (χ0v) is 14.0. The smallest absolute Gasteiger partial charge is 0.236 e. The Hall–Kier alpha value is -1.37. The van der Waals surface area contributed by atoms with Gasteiger partial charge in [-0.15, -0.1) is 0 Å². The molecule has 0 saturated carbocycles. The van der Waals surface area contributed by atoms with E-state index >= 15 is 0 Å². The molecule has 0 aliphatic heterocycles. The number of hydrogen-bond acceptors (Lipinski definition) is 3. The molecule has 0 heterocycles. The summed E-state index contributed by atoms with van der Waals surface area (Å²) in [6, 6.07) is 14.7. The van der Waals surface area contributed by atoms with E-state index in [1.165, 1.54) is 0 Å². The molecule has 0 aliphatic carbocycles. The van der Waals surface area contributed by atoms with E-state index in [1.54, 1.807) is 18.2 Å². The van der Waals surface area contributed by atoms with Crippen LogP contribution in [-0.2, 0) is 22.3 Å². The van der Waals surface area contributed by atoms with Gasteiger partial charge in [0.25, 0.3) is 0 Å². The Morgan fingerprint density at radius 3 is 2.24 bits per heavy atom. The minimum atomic E-state index is -3.43. The van der Waals surface area contributed by atoms with Gasteiger partial charge in [-0.05, 0) is 46.2 Å². The Morgan fingerprint density at radius 1 is 1.00 bits per heavy atom. The maximum atomic E-state index is 12.2. The van der Waals surface area contributed by atoms with Crippen LogP contribution in [0.1, 0.15) is 11.1 Å². The molecule has 6 heteroatoms. The third-order valence-electron chi connectivity index (χ3n) is 2.90. The number of nitrogens with one attached hydrogen (secondary N) is 2. The van der Waals surface area contributed by atoms with Crippen molar-refractivity contribution in [3.05, 3.63) is 64.1 Å². The van der Waals surface area contributed by atoms with Crippen LogP contribution >= 0.6 is 15.9 Å². The number of sulfonamides is 1. The molecule has 0 amide bonds. The van der Waals surface area contributed by atoms with E-state index in [0.717, 1.165) is 22.1 Å². The molecule has 2 N–H and O–H groups in total. The summed E-state index contributed by atoms with van der Waals surface area (Å²) in [6.45, 7) is 0.766. The maximum Gasteiger partial charge on any atom is 0.236 e. The van der Waals surface area contributed by atoms with Gasteiger partial charge in [0, 0.05) is 11.0 Å². The fourth-order valence-electron chi connectivity index (χ4n) is 1.92. The van der Waals surface area contributed by atoms with Gasteiger partial charge in [-0.25, -0.2) is 8.42 Å². The SMILES string of the molecule is CNCc1ccc(CS(=O)(=O)Nc2ccccc2Br)cc1. The summed E-state index contributed by atoms with van der Waals surface area (Å²) < 4.78 is 27.7. The largest absolute Gasteiger partial charge is 0.316 e. The molecule has 0 aliphatic rings. The topological polar surface area (TPSA) is 58.2 Å². The summed E-state index contributed by atoms with van der Waals surface area (Å²) in [7, 11) is -1.56. The van der Waals surface area contributed by atoms with Crippen molar-refractivity contribution < 1.29 is 8.42 Å². The molecule has 21 heavy (non-hydrogen) atoms. The van der Waals surface area contributed by atoms with Gasteiger partial charge in [0.2, 0.25) is 10.0 Å². The lowest BCUT2D eigenvalue weighted by atomic mass is 10.1. The van der Waals surface area contributed by atoms with Gasteiger partial charge in [-0.2, -0.15) is 0 Å². The highest BCUT2D eigenvalue weighted by atomic mass is 79.9. The average molecular weight is 369 g/mol. The van der Waals surface area contributed by atoms with Gasteiger partial charge in [0.15, 0.2) is 0 Å². The van der Waals surface area contributed by atoms with Gasteiger partial charge in [-0.3, -0.25) is 4.72 Å². The molecule has 2 aromatic carbocycles. The molecule has 0 unspecified atom stereocenters. The van der Waals surface area contributed by atoms with Crippen LogP contribution in [0, 0.1) is 0 Å². The first-order valence-electron chi connectivity index (χ1n) is 6.47. The van der Waals surface area contributed by atoms with E-state index in [-0.39, 0.29) is 5.75 Å². The average Bonchev–Trinajstić information content (AvgIpc) is 2.43. The summed E-state index contributed by atoms with van der Waals surface area (Å²) in [5, 5.41) is 3.05. The van der Waals surface area contributed by atoms with Crippen molar-refractivity contribution in [2.24, 2.45) is 0 Å². The van der Waals surface area contributed by atoms with Crippen LogP contribution in [0.15, 0.2) is 53.0 Å². The van der Waals surface area contributed by atoms with Crippen LogP contribution in [0.2, 0.25) is 0 Å². The summed E-state index contributed by atoms with van der Waals surface area (Å²) in [5.41, 5.74) is 2.43. The number of hydrogen-bond donors (Lipinski definition) is 2. The van der Waals surface area contributed by atoms with Gasteiger partial charge in [-0.1, -0.05) is 36.4 Å². The van der Waals surface area contributed by atoms with Gasteiger partial charge < -0.3 is 5.32 Å². The molecule has 0 aromatic heterocycles. The highest BCUT2D eigenvalue weighted by Gasteiger charge is 2.13. The number of para-hydroxylation sites is 1. The van der Waals surface area contributed by atoms with Gasteiger partial charge in [0.1, 0.15) is 0 Å². The number of rotatable bonds is 6. The first-order chi connectivity index (χ1) is 10.00. The summed E-state index contributed by atoms with van der Waals surface area (Å²) in [6.07, 6.45) is 0. The van der Waals surface area contributed by atoms with Crippen LogP contribution in [0.4, 0.5) is 5.69 Å². The van der Waals surface area contributed by atoms with E-state index < -0.39 is 10.0 Å². The lowest BCUT2D eigenvalue weighted by molar-refractivity contribution is 0.600. The second-order valence-corrected chi connectivity index (χ2v) is 7.26. The molecule has 2 aromatic rings. The zero-order chi connectivity index (χ0) is 15.3.